The summed E-state index contributed by atoms with van der Waals surface area (Å²) < 4.78 is 0. The molecule has 1 aliphatic rings. The third-order valence-corrected chi connectivity index (χ3v) is 2.87. The van der Waals surface area contributed by atoms with E-state index < -0.39 is 0 Å². The Bertz CT molecular complexity index is 281. The lowest BCUT2D eigenvalue weighted by atomic mass is 10.1. The first-order valence-corrected chi connectivity index (χ1v) is 5.13. The van der Waals surface area contributed by atoms with Crippen molar-refractivity contribution in [2.75, 3.05) is 13.1 Å². The molecule has 1 N–H and O–H groups in total. The summed E-state index contributed by atoms with van der Waals surface area (Å²) in [5, 5.41) is 6.41. The fourth-order valence-corrected chi connectivity index (χ4v) is 2.13. The Labute approximate surface area is 80.3 Å². The maximum absolute atomic E-state index is 5.97. The molecule has 0 bridgehead atoms. The zero-order chi connectivity index (χ0) is 8.39. The maximum Gasteiger partial charge on any atom is 0.120 e. The lowest BCUT2D eigenvalue weighted by Crippen LogP contribution is -2.28. The van der Waals surface area contributed by atoms with Crippen molar-refractivity contribution in [1.29, 1.82) is 0 Å². The number of hydrogen-bond donors (Lipinski definition) is 1. The molecule has 2 nitrogen and oxygen atoms in total. The molecule has 0 fully saturated rings. The summed E-state index contributed by atoms with van der Waals surface area (Å²) in [4.78, 5) is 4.23. The Morgan fingerprint density at radius 3 is 3.25 bits per heavy atom. The fourth-order valence-electron chi connectivity index (χ4n) is 1.21. The normalized spacial score (nSPS) is 23.8. The first-order valence-electron chi connectivity index (χ1n) is 3.81. The van der Waals surface area contributed by atoms with Gasteiger partial charge in [-0.25, -0.2) is 4.98 Å². The smallest absolute Gasteiger partial charge is 0.120 e. The average molecular weight is 201 g/mol. The van der Waals surface area contributed by atoms with Crippen molar-refractivity contribution in [1.82, 2.24) is 10.3 Å². The Morgan fingerprint density at radius 1 is 1.67 bits per heavy atom. The minimum atomic E-state index is 0.109. The summed E-state index contributed by atoms with van der Waals surface area (Å²) in [6, 6.07) is 0. The van der Waals surface area contributed by atoms with Gasteiger partial charge in [-0.3, -0.25) is 0 Å². The highest BCUT2D eigenvalue weighted by atomic mass is 35.5. The molecule has 1 aliphatic heterocycles. The van der Waals surface area contributed by atoms with Crippen LogP contribution < -0.4 is 5.32 Å². The van der Waals surface area contributed by atoms with Gasteiger partial charge in [-0.1, -0.05) is 6.08 Å². The van der Waals surface area contributed by atoms with E-state index in [0.29, 0.717) is 0 Å². The molecule has 64 valence electrons. The Balaban J connectivity index is 2.23. The number of nitrogens with one attached hydrogen (secondary N) is 1. The van der Waals surface area contributed by atoms with E-state index in [9.17, 15) is 0 Å². The lowest BCUT2D eigenvalue weighted by molar-refractivity contribution is 0.743. The van der Waals surface area contributed by atoms with Crippen LogP contribution in [0.25, 0.3) is 5.57 Å². The first-order chi connectivity index (χ1) is 5.86. The summed E-state index contributed by atoms with van der Waals surface area (Å²) in [5.41, 5.74) is 1.22. The first kappa shape index (κ1) is 8.23. The minimum Gasteiger partial charge on any atom is -0.311 e. The van der Waals surface area contributed by atoms with Crippen LogP contribution in [0.5, 0.6) is 0 Å². The fraction of sp³-hybridized carbons (Fsp3) is 0.375. The van der Waals surface area contributed by atoms with Gasteiger partial charge in [0.2, 0.25) is 0 Å². The van der Waals surface area contributed by atoms with E-state index in [1.807, 2.05) is 11.6 Å². The molecule has 4 heteroatoms. The van der Waals surface area contributed by atoms with Crippen LogP contribution in [-0.4, -0.2) is 23.5 Å². The number of alkyl halides is 1. The van der Waals surface area contributed by atoms with Crippen molar-refractivity contribution >= 4 is 28.5 Å². The highest BCUT2D eigenvalue weighted by molar-refractivity contribution is 7.10. The molecule has 12 heavy (non-hydrogen) atoms. The van der Waals surface area contributed by atoms with E-state index >= 15 is 0 Å². The van der Waals surface area contributed by atoms with Crippen molar-refractivity contribution < 1.29 is 0 Å². The van der Waals surface area contributed by atoms with E-state index in [1.165, 1.54) is 5.57 Å². The van der Waals surface area contributed by atoms with Gasteiger partial charge in [0, 0.05) is 24.7 Å². The number of hydrogen-bond acceptors (Lipinski definition) is 3. The molecule has 1 aromatic rings. The molecular weight excluding hydrogens is 192 g/mol. The summed E-state index contributed by atoms with van der Waals surface area (Å²) in [6.07, 6.45) is 3.90. The SMILES string of the molecule is ClC1C=C(c2nccs2)CNC1. The number of nitrogens with zero attached hydrogens (tertiary/aromatic N) is 1. The second-order valence-corrected chi connectivity index (χ2v) is 4.13. The summed E-state index contributed by atoms with van der Waals surface area (Å²) in [5.74, 6) is 0. The van der Waals surface area contributed by atoms with Crippen LogP contribution in [0, 0.1) is 0 Å². The standard InChI is InChI=1S/C8H9ClN2S/c9-7-3-6(4-10-5-7)8-11-1-2-12-8/h1-3,7,10H,4-5H2. The Hall–Kier alpha value is -0.380. The van der Waals surface area contributed by atoms with Gasteiger partial charge >= 0.3 is 0 Å². The van der Waals surface area contributed by atoms with Gasteiger partial charge in [-0.15, -0.1) is 22.9 Å². The average Bonchev–Trinajstić information content (AvgIpc) is 2.56. The van der Waals surface area contributed by atoms with Crippen molar-refractivity contribution in [3.8, 4) is 0 Å². The highest BCUT2D eigenvalue weighted by Crippen LogP contribution is 2.20. The molecule has 0 saturated carbocycles. The number of rotatable bonds is 1. The molecule has 1 unspecified atom stereocenters. The number of thiazole rings is 1. The number of halogens is 1. The maximum atomic E-state index is 5.97. The molecule has 0 saturated heterocycles. The summed E-state index contributed by atoms with van der Waals surface area (Å²) in [6.45, 7) is 1.74. The van der Waals surface area contributed by atoms with E-state index in [4.69, 9.17) is 11.6 Å². The molecule has 0 amide bonds. The van der Waals surface area contributed by atoms with Gasteiger partial charge in [0.25, 0.3) is 0 Å². The molecule has 1 atom stereocenters. The van der Waals surface area contributed by atoms with Crippen LogP contribution in [0.1, 0.15) is 5.01 Å². The van der Waals surface area contributed by atoms with Gasteiger partial charge in [-0.2, -0.15) is 0 Å². The third-order valence-electron chi connectivity index (χ3n) is 1.74. The Morgan fingerprint density at radius 2 is 2.58 bits per heavy atom. The zero-order valence-electron chi connectivity index (χ0n) is 6.46. The largest absolute Gasteiger partial charge is 0.311 e. The van der Waals surface area contributed by atoms with Crippen LogP contribution in [0.4, 0.5) is 0 Å². The number of aromatic nitrogens is 1. The van der Waals surface area contributed by atoms with Crippen LogP contribution >= 0.6 is 22.9 Å². The van der Waals surface area contributed by atoms with Crippen molar-refractivity contribution in [3.05, 3.63) is 22.7 Å². The summed E-state index contributed by atoms with van der Waals surface area (Å²) in [7, 11) is 0. The molecule has 2 heterocycles. The minimum absolute atomic E-state index is 0.109. The van der Waals surface area contributed by atoms with E-state index in [-0.39, 0.29) is 5.38 Å². The molecule has 0 aromatic carbocycles. The van der Waals surface area contributed by atoms with Crippen LogP contribution in [0.2, 0.25) is 0 Å². The summed E-state index contributed by atoms with van der Waals surface area (Å²) >= 11 is 7.62. The molecule has 0 radical (unpaired) electrons. The monoisotopic (exact) mass is 200 g/mol. The second kappa shape index (κ2) is 3.56. The predicted octanol–water partition coefficient (Wildman–Crippen LogP) is 1.74. The topological polar surface area (TPSA) is 24.9 Å². The van der Waals surface area contributed by atoms with Crippen LogP contribution in [0.15, 0.2) is 17.7 Å². The van der Waals surface area contributed by atoms with Gasteiger partial charge in [-0.05, 0) is 5.57 Å². The van der Waals surface area contributed by atoms with Crippen molar-refractivity contribution in [2.24, 2.45) is 0 Å². The lowest BCUT2D eigenvalue weighted by Gasteiger charge is -2.15. The van der Waals surface area contributed by atoms with Gasteiger partial charge in [0.05, 0.1) is 5.38 Å². The van der Waals surface area contributed by atoms with Gasteiger partial charge < -0.3 is 5.32 Å². The Kier molecular flexibility index (Phi) is 2.44. The van der Waals surface area contributed by atoms with Gasteiger partial charge in [0.1, 0.15) is 5.01 Å². The van der Waals surface area contributed by atoms with Crippen molar-refractivity contribution in [2.45, 2.75) is 5.38 Å². The van der Waals surface area contributed by atoms with E-state index in [0.717, 1.165) is 18.1 Å². The predicted molar refractivity (Wildman–Crippen MR) is 52.6 cm³/mol. The van der Waals surface area contributed by atoms with E-state index in [2.05, 4.69) is 16.4 Å². The van der Waals surface area contributed by atoms with E-state index in [1.54, 1.807) is 11.3 Å². The van der Waals surface area contributed by atoms with Crippen LogP contribution in [-0.2, 0) is 0 Å². The third kappa shape index (κ3) is 1.68. The molecule has 2 rings (SSSR count). The highest BCUT2D eigenvalue weighted by Gasteiger charge is 2.12. The second-order valence-electron chi connectivity index (χ2n) is 2.68. The molecule has 0 aliphatic carbocycles. The quantitative estimate of drug-likeness (QED) is 0.699. The molecule has 0 spiro atoms. The molecular formula is C8H9ClN2S. The van der Waals surface area contributed by atoms with Gasteiger partial charge in [0.15, 0.2) is 0 Å². The van der Waals surface area contributed by atoms with Crippen LogP contribution in [0.3, 0.4) is 0 Å². The zero-order valence-corrected chi connectivity index (χ0v) is 8.03. The molecule has 1 aromatic heterocycles. The van der Waals surface area contributed by atoms with Crippen molar-refractivity contribution in [3.63, 3.8) is 0 Å².